The topological polar surface area (TPSA) is 49.7 Å². The molecule has 114 valence electrons. The number of rotatable bonds is 1. The normalized spacial score (nSPS) is 14.5. The Labute approximate surface area is 134 Å². The largest absolute Gasteiger partial charge is 0.508 e. The van der Waals surface area contributed by atoms with Crippen molar-refractivity contribution in [2.75, 3.05) is 0 Å². The van der Waals surface area contributed by atoms with E-state index >= 15 is 0 Å². The number of aromatic hydroxyl groups is 2. The van der Waals surface area contributed by atoms with Gasteiger partial charge in [-0.2, -0.15) is 0 Å². The quantitative estimate of drug-likeness (QED) is 0.693. The fourth-order valence-corrected chi connectivity index (χ4v) is 3.36. The van der Waals surface area contributed by atoms with Gasteiger partial charge in [0.2, 0.25) is 0 Å². The number of hydrogen-bond donors (Lipinski definition) is 2. The van der Waals surface area contributed by atoms with Gasteiger partial charge < -0.3 is 14.9 Å². The van der Waals surface area contributed by atoms with Gasteiger partial charge in [0.25, 0.3) is 0 Å². The van der Waals surface area contributed by atoms with Gasteiger partial charge in [-0.1, -0.05) is 42.5 Å². The molecule has 0 bridgehead atoms. The fourth-order valence-electron chi connectivity index (χ4n) is 3.36. The van der Waals surface area contributed by atoms with Gasteiger partial charge in [-0.15, -0.1) is 0 Å². The summed E-state index contributed by atoms with van der Waals surface area (Å²) in [5.41, 5.74) is 2.67. The molecule has 1 aliphatic heterocycles. The van der Waals surface area contributed by atoms with Gasteiger partial charge in [0, 0.05) is 28.7 Å². The molecular formula is C20H16O3. The maximum absolute atomic E-state index is 9.80. The van der Waals surface area contributed by atoms with Crippen molar-refractivity contribution in [3.8, 4) is 23.0 Å². The summed E-state index contributed by atoms with van der Waals surface area (Å²) in [6.45, 7) is 2.14. The zero-order valence-electron chi connectivity index (χ0n) is 12.7. The highest BCUT2D eigenvalue weighted by Crippen LogP contribution is 2.52. The van der Waals surface area contributed by atoms with Crippen LogP contribution in [-0.2, 0) is 5.41 Å². The Kier molecular flexibility index (Phi) is 2.85. The fraction of sp³-hybridized carbons (Fsp3) is 0.100. The van der Waals surface area contributed by atoms with E-state index in [0.29, 0.717) is 11.5 Å². The van der Waals surface area contributed by atoms with Crippen LogP contribution in [0.2, 0.25) is 0 Å². The average molecular weight is 304 g/mol. The lowest BCUT2D eigenvalue weighted by Crippen LogP contribution is -2.29. The molecule has 3 heteroatoms. The first kappa shape index (κ1) is 13.7. The van der Waals surface area contributed by atoms with Crippen molar-refractivity contribution < 1.29 is 14.9 Å². The average Bonchev–Trinajstić information content (AvgIpc) is 2.55. The monoisotopic (exact) mass is 304 g/mol. The summed E-state index contributed by atoms with van der Waals surface area (Å²) >= 11 is 0. The van der Waals surface area contributed by atoms with Crippen LogP contribution >= 0.6 is 0 Å². The van der Waals surface area contributed by atoms with Crippen LogP contribution in [0.5, 0.6) is 23.0 Å². The highest BCUT2D eigenvalue weighted by Gasteiger charge is 2.39. The number of phenols is 2. The highest BCUT2D eigenvalue weighted by atomic mass is 16.5. The molecule has 3 nitrogen and oxygen atoms in total. The van der Waals surface area contributed by atoms with Gasteiger partial charge in [0.1, 0.15) is 23.0 Å². The van der Waals surface area contributed by atoms with E-state index in [1.54, 1.807) is 24.3 Å². The van der Waals surface area contributed by atoms with E-state index in [-0.39, 0.29) is 11.5 Å². The molecule has 3 aromatic carbocycles. The molecule has 0 fully saturated rings. The minimum atomic E-state index is -0.425. The van der Waals surface area contributed by atoms with E-state index in [9.17, 15) is 10.2 Å². The summed E-state index contributed by atoms with van der Waals surface area (Å²) in [7, 11) is 0. The van der Waals surface area contributed by atoms with Gasteiger partial charge in [-0.3, -0.25) is 0 Å². The Balaban J connectivity index is 2.05. The van der Waals surface area contributed by atoms with E-state index in [0.717, 1.165) is 16.7 Å². The first-order valence-corrected chi connectivity index (χ1v) is 7.49. The van der Waals surface area contributed by atoms with Crippen LogP contribution in [0.15, 0.2) is 66.7 Å². The van der Waals surface area contributed by atoms with Crippen LogP contribution < -0.4 is 4.74 Å². The van der Waals surface area contributed by atoms with Crippen LogP contribution in [0.3, 0.4) is 0 Å². The molecule has 0 atom stereocenters. The molecule has 1 heterocycles. The van der Waals surface area contributed by atoms with Crippen molar-refractivity contribution in [1.82, 2.24) is 0 Å². The lowest BCUT2D eigenvalue weighted by atomic mass is 9.69. The Bertz CT molecular complexity index is 833. The summed E-state index contributed by atoms with van der Waals surface area (Å²) in [5.74, 6) is 1.52. The first-order valence-electron chi connectivity index (χ1n) is 7.49. The summed E-state index contributed by atoms with van der Waals surface area (Å²) < 4.78 is 5.94. The molecule has 0 aromatic heterocycles. The molecule has 0 unspecified atom stereocenters. The Morgan fingerprint density at radius 2 is 1.26 bits per heavy atom. The lowest BCUT2D eigenvalue weighted by molar-refractivity contribution is 0.410. The zero-order valence-corrected chi connectivity index (χ0v) is 12.7. The molecule has 4 rings (SSSR count). The molecular weight excluding hydrogens is 288 g/mol. The molecule has 1 aliphatic rings. The Morgan fingerprint density at radius 3 is 1.78 bits per heavy atom. The van der Waals surface area contributed by atoms with Crippen LogP contribution in [0.25, 0.3) is 0 Å². The molecule has 0 saturated carbocycles. The van der Waals surface area contributed by atoms with Crippen molar-refractivity contribution in [3.05, 3.63) is 83.4 Å². The van der Waals surface area contributed by atoms with Crippen LogP contribution in [-0.4, -0.2) is 10.2 Å². The molecule has 0 spiro atoms. The van der Waals surface area contributed by atoms with Crippen molar-refractivity contribution in [3.63, 3.8) is 0 Å². The van der Waals surface area contributed by atoms with Crippen molar-refractivity contribution in [1.29, 1.82) is 0 Å². The van der Waals surface area contributed by atoms with Gasteiger partial charge in [-0.25, -0.2) is 0 Å². The third kappa shape index (κ3) is 1.97. The van der Waals surface area contributed by atoms with Crippen molar-refractivity contribution in [2.45, 2.75) is 12.3 Å². The van der Waals surface area contributed by atoms with Crippen molar-refractivity contribution >= 4 is 0 Å². The molecule has 2 N–H and O–H groups in total. The van der Waals surface area contributed by atoms with Gasteiger partial charge in [0.15, 0.2) is 0 Å². The number of hydrogen-bond acceptors (Lipinski definition) is 3. The lowest BCUT2D eigenvalue weighted by Gasteiger charge is -2.38. The number of phenolic OH excluding ortho intramolecular Hbond substituents is 2. The van der Waals surface area contributed by atoms with E-state index in [4.69, 9.17) is 4.74 Å². The van der Waals surface area contributed by atoms with E-state index < -0.39 is 5.41 Å². The third-order valence-corrected chi connectivity index (χ3v) is 4.58. The predicted octanol–water partition coefficient (Wildman–Crippen LogP) is 4.56. The van der Waals surface area contributed by atoms with Crippen molar-refractivity contribution in [2.24, 2.45) is 0 Å². The molecule has 0 radical (unpaired) electrons. The Hall–Kier alpha value is -2.94. The second kappa shape index (κ2) is 4.78. The maximum atomic E-state index is 9.80. The summed E-state index contributed by atoms with van der Waals surface area (Å²) in [5, 5.41) is 19.6. The minimum absolute atomic E-state index is 0.155. The summed E-state index contributed by atoms with van der Waals surface area (Å²) in [6.07, 6.45) is 0. The van der Waals surface area contributed by atoms with Gasteiger partial charge in [-0.05, 0) is 24.6 Å². The SMILES string of the molecule is CC1(c2ccccc2)c2ccc(O)cc2Oc2cc(O)ccc21. The van der Waals surface area contributed by atoms with E-state index in [1.807, 2.05) is 30.3 Å². The first-order chi connectivity index (χ1) is 11.1. The minimum Gasteiger partial charge on any atom is -0.508 e. The summed E-state index contributed by atoms with van der Waals surface area (Å²) in [4.78, 5) is 0. The van der Waals surface area contributed by atoms with E-state index in [2.05, 4.69) is 19.1 Å². The van der Waals surface area contributed by atoms with Crippen LogP contribution in [0.4, 0.5) is 0 Å². The zero-order chi connectivity index (χ0) is 16.0. The maximum Gasteiger partial charge on any atom is 0.135 e. The molecule has 23 heavy (non-hydrogen) atoms. The standard InChI is InChI=1S/C20H16O3/c1-20(13-5-3-2-4-6-13)16-9-7-14(21)11-18(16)23-19-12-15(22)8-10-17(19)20/h2-12,21-22H,1H3. The third-order valence-electron chi connectivity index (χ3n) is 4.58. The number of ether oxygens (including phenoxy) is 1. The molecule has 0 saturated heterocycles. The predicted molar refractivity (Wildman–Crippen MR) is 88.3 cm³/mol. The highest BCUT2D eigenvalue weighted by molar-refractivity contribution is 5.64. The van der Waals surface area contributed by atoms with Crippen LogP contribution in [0, 0.1) is 0 Å². The van der Waals surface area contributed by atoms with Crippen LogP contribution in [0.1, 0.15) is 23.6 Å². The molecule has 3 aromatic rings. The van der Waals surface area contributed by atoms with E-state index in [1.165, 1.54) is 0 Å². The van der Waals surface area contributed by atoms with Gasteiger partial charge >= 0.3 is 0 Å². The second-order valence-electron chi connectivity index (χ2n) is 5.95. The molecule has 0 aliphatic carbocycles. The molecule has 0 amide bonds. The second-order valence-corrected chi connectivity index (χ2v) is 5.95. The smallest absolute Gasteiger partial charge is 0.135 e. The Morgan fingerprint density at radius 1 is 0.739 bits per heavy atom. The number of fused-ring (bicyclic) bond motifs is 2. The van der Waals surface area contributed by atoms with Gasteiger partial charge in [0.05, 0.1) is 0 Å². The summed E-state index contributed by atoms with van der Waals surface area (Å²) in [6, 6.07) is 20.5. The number of benzene rings is 3.